The number of ether oxygens (including phenoxy) is 1. The monoisotopic (exact) mass is 266 g/mol. The summed E-state index contributed by atoms with van der Waals surface area (Å²) < 4.78 is 18.4. The predicted molar refractivity (Wildman–Crippen MR) is 70.9 cm³/mol. The Kier molecular flexibility index (Phi) is 4.37. The molecule has 0 spiro atoms. The Balaban J connectivity index is 2.01. The van der Waals surface area contributed by atoms with Crippen LogP contribution in [-0.4, -0.2) is 32.1 Å². The molecule has 1 aliphatic rings. The van der Waals surface area contributed by atoms with E-state index >= 15 is 0 Å². The number of hydrogen-bond donors (Lipinski definition) is 2. The summed E-state index contributed by atoms with van der Waals surface area (Å²) >= 11 is 0. The first-order valence-corrected chi connectivity index (χ1v) is 6.45. The summed E-state index contributed by atoms with van der Waals surface area (Å²) in [6.45, 7) is 3.87. The van der Waals surface area contributed by atoms with Crippen LogP contribution in [0.2, 0.25) is 0 Å². The number of piperidine rings is 1. The van der Waals surface area contributed by atoms with Crippen LogP contribution in [0.15, 0.2) is 18.2 Å². The lowest BCUT2D eigenvalue weighted by molar-refractivity contribution is 0.0925. The average molecular weight is 266 g/mol. The van der Waals surface area contributed by atoms with E-state index in [-0.39, 0.29) is 17.7 Å². The van der Waals surface area contributed by atoms with Crippen LogP contribution in [0.5, 0.6) is 5.75 Å². The summed E-state index contributed by atoms with van der Waals surface area (Å²) in [5.41, 5.74) is 0.316. The van der Waals surface area contributed by atoms with Crippen molar-refractivity contribution < 1.29 is 13.9 Å². The molecule has 0 bridgehead atoms. The van der Waals surface area contributed by atoms with Crippen LogP contribution in [0, 0.1) is 11.7 Å². The largest absolute Gasteiger partial charge is 0.494 e. The number of rotatable bonds is 3. The van der Waals surface area contributed by atoms with E-state index < -0.39 is 5.82 Å². The highest BCUT2D eigenvalue weighted by Gasteiger charge is 2.21. The van der Waals surface area contributed by atoms with Gasteiger partial charge in [0.05, 0.1) is 7.11 Å². The standard InChI is InChI=1S/C14H19FN2O2/c1-9-5-11(8-16-7-9)17-14(18)10-3-4-13(19-2)12(15)6-10/h3-4,6,9,11,16H,5,7-8H2,1-2H3,(H,17,18). The molecule has 1 amide bonds. The molecule has 0 saturated carbocycles. The van der Waals surface area contributed by atoms with E-state index in [1.165, 1.54) is 19.2 Å². The van der Waals surface area contributed by atoms with Gasteiger partial charge < -0.3 is 15.4 Å². The smallest absolute Gasteiger partial charge is 0.251 e. The second-order valence-corrected chi connectivity index (χ2v) is 5.02. The second kappa shape index (κ2) is 6.02. The summed E-state index contributed by atoms with van der Waals surface area (Å²) in [6, 6.07) is 4.33. The maximum Gasteiger partial charge on any atom is 0.251 e. The zero-order valence-electron chi connectivity index (χ0n) is 11.2. The van der Waals surface area contributed by atoms with Gasteiger partial charge in [-0.25, -0.2) is 4.39 Å². The lowest BCUT2D eigenvalue weighted by atomic mass is 9.97. The molecule has 2 N–H and O–H groups in total. The third kappa shape index (κ3) is 3.44. The Morgan fingerprint density at radius 1 is 1.47 bits per heavy atom. The molecule has 0 aromatic heterocycles. The SMILES string of the molecule is COc1ccc(C(=O)NC2CNCC(C)C2)cc1F. The maximum atomic E-state index is 13.5. The second-order valence-electron chi connectivity index (χ2n) is 5.02. The minimum atomic E-state index is -0.523. The Hall–Kier alpha value is -1.62. The van der Waals surface area contributed by atoms with E-state index in [9.17, 15) is 9.18 Å². The van der Waals surface area contributed by atoms with Gasteiger partial charge in [-0.2, -0.15) is 0 Å². The van der Waals surface area contributed by atoms with Gasteiger partial charge in [0, 0.05) is 18.2 Å². The van der Waals surface area contributed by atoms with Crippen molar-refractivity contribution in [2.75, 3.05) is 20.2 Å². The predicted octanol–water partition coefficient (Wildman–Crippen LogP) is 1.56. The van der Waals surface area contributed by atoms with Crippen LogP contribution in [0.25, 0.3) is 0 Å². The van der Waals surface area contributed by atoms with Gasteiger partial charge in [-0.05, 0) is 37.1 Å². The number of hydrogen-bond acceptors (Lipinski definition) is 3. The lowest BCUT2D eigenvalue weighted by Crippen LogP contribution is -2.48. The fourth-order valence-electron chi connectivity index (χ4n) is 2.34. The minimum absolute atomic E-state index is 0.0985. The van der Waals surface area contributed by atoms with E-state index in [0.717, 1.165) is 19.5 Å². The van der Waals surface area contributed by atoms with E-state index in [0.29, 0.717) is 11.5 Å². The Morgan fingerprint density at radius 2 is 2.26 bits per heavy atom. The third-order valence-electron chi connectivity index (χ3n) is 3.32. The Bertz CT molecular complexity index is 465. The number of amides is 1. The zero-order valence-corrected chi connectivity index (χ0v) is 11.2. The molecule has 5 heteroatoms. The lowest BCUT2D eigenvalue weighted by Gasteiger charge is -2.28. The van der Waals surface area contributed by atoms with Crippen molar-refractivity contribution in [3.05, 3.63) is 29.6 Å². The summed E-state index contributed by atoms with van der Waals surface area (Å²) in [7, 11) is 1.40. The fraction of sp³-hybridized carbons (Fsp3) is 0.500. The first-order chi connectivity index (χ1) is 9.10. The number of benzene rings is 1. The van der Waals surface area contributed by atoms with E-state index in [1.807, 2.05) is 0 Å². The topological polar surface area (TPSA) is 50.4 Å². The minimum Gasteiger partial charge on any atom is -0.494 e. The summed E-state index contributed by atoms with van der Waals surface area (Å²) in [5.74, 6) is -0.0936. The Labute approximate surface area is 112 Å². The molecular formula is C14H19FN2O2. The van der Waals surface area contributed by atoms with E-state index in [1.54, 1.807) is 6.07 Å². The normalized spacial score (nSPS) is 22.9. The van der Waals surface area contributed by atoms with Crippen molar-refractivity contribution in [3.63, 3.8) is 0 Å². The van der Waals surface area contributed by atoms with Crippen molar-refractivity contribution in [1.29, 1.82) is 0 Å². The van der Waals surface area contributed by atoms with Crippen molar-refractivity contribution in [2.45, 2.75) is 19.4 Å². The molecule has 1 aromatic rings. The average Bonchev–Trinajstić information content (AvgIpc) is 2.38. The fourth-order valence-corrected chi connectivity index (χ4v) is 2.34. The van der Waals surface area contributed by atoms with Gasteiger partial charge in [0.15, 0.2) is 11.6 Å². The van der Waals surface area contributed by atoms with Crippen LogP contribution in [-0.2, 0) is 0 Å². The van der Waals surface area contributed by atoms with E-state index in [4.69, 9.17) is 4.74 Å². The van der Waals surface area contributed by atoms with Gasteiger partial charge in [0.25, 0.3) is 5.91 Å². The molecule has 2 unspecified atom stereocenters. The quantitative estimate of drug-likeness (QED) is 0.873. The molecule has 2 atom stereocenters. The van der Waals surface area contributed by atoms with Crippen molar-refractivity contribution >= 4 is 5.91 Å². The van der Waals surface area contributed by atoms with Crippen LogP contribution < -0.4 is 15.4 Å². The number of halogens is 1. The Morgan fingerprint density at radius 3 is 2.89 bits per heavy atom. The van der Waals surface area contributed by atoms with Crippen LogP contribution in [0.3, 0.4) is 0 Å². The summed E-state index contributed by atoms with van der Waals surface area (Å²) in [4.78, 5) is 12.0. The molecule has 0 radical (unpaired) electrons. The van der Waals surface area contributed by atoms with Crippen LogP contribution in [0.1, 0.15) is 23.7 Å². The molecule has 4 nitrogen and oxygen atoms in total. The van der Waals surface area contributed by atoms with Gasteiger partial charge in [-0.1, -0.05) is 6.92 Å². The van der Waals surface area contributed by atoms with Crippen molar-refractivity contribution in [2.24, 2.45) is 5.92 Å². The third-order valence-corrected chi connectivity index (χ3v) is 3.32. The van der Waals surface area contributed by atoms with Gasteiger partial charge in [0.2, 0.25) is 0 Å². The number of carbonyl (C=O) groups excluding carboxylic acids is 1. The van der Waals surface area contributed by atoms with Gasteiger partial charge in [-0.15, -0.1) is 0 Å². The molecule has 19 heavy (non-hydrogen) atoms. The maximum absolute atomic E-state index is 13.5. The van der Waals surface area contributed by atoms with Gasteiger partial charge >= 0.3 is 0 Å². The first kappa shape index (κ1) is 13.8. The highest BCUT2D eigenvalue weighted by Crippen LogP contribution is 2.18. The number of nitrogens with one attached hydrogen (secondary N) is 2. The van der Waals surface area contributed by atoms with Gasteiger partial charge in [0.1, 0.15) is 0 Å². The number of carbonyl (C=O) groups is 1. The van der Waals surface area contributed by atoms with Crippen LogP contribution >= 0.6 is 0 Å². The first-order valence-electron chi connectivity index (χ1n) is 6.45. The molecule has 2 rings (SSSR count). The van der Waals surface area contributed by atoms with E-state index in [2.05, 4.69) is 17.6 Å². The summed E-state index contributed by atoms with van der Waals surface area (Å²) in [5, 5.41) is 6.18. The molecule has 1 heterocycles. The number of methoxy groups -OCH3 is 1. The molecule has 1 saturated heterocycles. The molecular weight excluding hydrogens is 247 g/mol. The molecule has 0 aliphatic carbocycles. The van der Waals surface area contributed by atoms with Crippen molar-refractivity contribution in [1.82, 2.24) is 10.6 Å². The van der Waals surface area contributed by atoms with Crippen LogP contribution in [0.4, 0.5) is 4.39 Å². The summed E-state index contributed by atoms with van der Waals surface area (Å²) in [6.07, 6.45) is 0.942. The molecule has 1 aromatic carbocycles. The highest BCUT2D eigenvalue weighted by molar-refractivity contribution is 5.94. The molecule has 1 fully saturated rings. The molecule has 104 valence electrons. The zero-order chi connectivity index (χ0) is 13.8. The highest BCUT2D eigenvalue weighted by atomic mass is 19.1. The molecule has 1 aliphatic heterocycles. The van der Waals surface area contributed by atoms with Crippen molar-refractivity contribution in [3.8, 4) is 5.75 Å². The van der Waals surface area contributed by atoms with Gasteiger partial charge in [-0.3, -0.25) is 4.79 Å².